The van der Waals surface area contributed by atoms with E-state index in [2.05, 4.69) is 17.1 Å². The molecule has 1 fully saturated rings. The SMILES string of the molecule is CNCc1sccc1S(=O)(=O)N1CC(C)C(N(C)C)C1. The Balaban J connectivity index is 2.25. The van der Waals surface area contributed by atoms with Crippen molar-refractivity contribution in [2.45, 2.75) is 24.4 Å². The van der Waals surface area contributed by atoms with E-state index in [1.54, 1.807) is 10.4 Å². The van der Waals surface area contributed by atoms with Crippen LogP contribution >= 0.6 is 11.3 Å². The highest BCUT2D eigenvalue weighted by molar-refractivity contribution is 7.89. The summed E-state index contributed by atoms with van der Waals surface area (Å²) in [7, 11) is 2.48. The Bertz CT molecular complexity index is 554. The van der Waals surface area contributed by atoms with E-state index in [1.807, 2.05) is 26.5 Å². The summed E-state index contributed by atoms with van der Waals surface area (Å²) >= 11 is 1.49. The average Bonchev–Trinajstić information content (AvgIpc) is 2.96. The van der Waals surface area contributed by atoms with Crippen molar-refractivity contribution < 1.29 is 8.42 Å². The Hall–Kier alpha value is -0.470. The van der Waals surface area contributed by atoms with Gasteiger partial charge in [0, 0.05) is 30.6 Å². The van der Waals surface area contributed by atoms with Crippen LogP contribution < -0.4 is 5.32 Å². The minimum atomic E-state index is -3.37. The maximum atomic E-state index is 12.8. The molecule has 2 atom stereocenters. The van der Waals surface area contributed by atoms with Crippen LogP contribution in [0.3, 0.4) is 0 Å². The highest BCUT2D eigenvalue weighted by Gasteiger charge is 2.38. The number of sulfonamides is 1. The van der Waals surface area contributed by atoms with Crippen LogP contribution in [0.15, 0.2) is 16.3 Å². The van der Waals surface area contributed by atoms with Crippen molar-refractivity contribution in [1.82, 2.24) is 14.5 Å². The third-order valence-corrected chi connectivity index (χ3v) is 6.83. The van der Waals surface area contributed by atoms with E-state index in [4.69, 9.17) is 0 Å². The van der Waals surface area contributed by atoms with Gasteiger partial charge in [0.15, 0.2) is 0 Å². The molecular formula is C13H23N3O2S2. The summed E-state index contributed by atoms with van der Waals surface area (Å²) < 4.78 is 27.2. The number of thiophene rings is 1. The van der Waals surface area contributed by atoms with Gasteiger partial charge in [-0.25, -0.2) is 8.42 Å². The third kappa shape index (κ3) is 2.92. The normalized spacial score (nSPS) is 24.6. The van der Waals surface area contributed by atoms with Gasteiger partial charge in [0.25, 0.3) is 0 Å². The molecule has 2 rings (SSSR count). The molecule has 114 valence electrons. The van der Waals surface area contributed by atoms with E-state index >= 15 is 0 Å². The second-order valence-electron chi connectivity index (χ2n) is 5.57. The lowest BCUT2D eigenvalue weighted by Crippen LogP contribution is -2.36. The molecule has 0 saturated carbocycles. The van der Waals surface area contributed by atoms with Crippen molar-refractivity contribution >= 4 is 21.4 Å². The standard InChI is InChI=1S/C13H23N3O2S2/c1-10-8-16(9-11(10)15(3)4)20(17,18)13-5-6-19-12(13)7-14-2/h5-6,10-11,14H,7-9H2,1-4H3. The fourth-order valence-corrected chi connectivity index (χ4v) is 5.75. The molecule has 1 saturated heterocycles. The molecular weight excluding hydrogens is 294 g/mol. The molecule has 1 N–H and O–H groups in total. The monoisotopic (exact) mass is 317 g/mol. The van der Waals surface area contributed by atoms with Gasteiger partial charge in [0.1, 0.15) is 0 Å². The Morgan fingerprint density at radius 2 is 2.15 bits per heavy atom. The quantitative estimate of drug-likeness (QED) is 0.881. The van der Waals surface area contributed by atoms with Crippen LogP contribution in [0.1, 0.15) is 11.8 Å². The van der Waals surface area contributed by atoms with Gasteiger partial charge < -0.3 is 10.2 Å². The molecule has 1 aliphatic heterocycles. The van der Waals surface area contributed by atoms with E-state index in [-0.39, 0.29) is 6.04 Å². The number of likely N-dealkylation sites (N-methyl/N-ethyl adjacent to an activating group) is 1. The largest absolute Gasteiger partial charge is 0.315 e. The first kappa shape index (κ1) is 15.9. The van der Waals surface area contributed by atoms with Crippen molar-refractivity contribution in [2.24, 2.45) is 5.92 Å². The van der Waals surface area contributed by atoms with Crippen molar-refractivity contribution in [2.75, 3.05) is 34.2 Å². The lowest BCUT2D eigenvalue weighted by atomic mass is 10.1. The maximum Gasteiger partial charge on any atom is 0.244 e. The number of hydrogen-bond acceptors (Lipinski definition) is 5. The molecule has 0 aliphatic carbocycles. The van der Waals surface area contributed by atoms with Crippen LogP contribution in [0.4, 0.5) is 0 Å². The second kappa shape index (κ2) is 6.11. The molecule has 20 heavy (non-hydrogen) atoms. The smallest absolute Gasteiger partial charge is 0.244 e. The van der Waals surface area contributed by atoms with Gasteiger partial charge in [-0.15, -0.1) is 11.3 Å². The van der Waals surface area contributed by atoms with Crippen molar-refractivity contribution in [3.63, 3.8) is 0 Å². The number of hydrogen-bond donors (Lipinski definition) is 1. The predicted molar refractivity (Wildman–Crippen MR) is 82.5 cm³/mol. The Morgan fingerprint density at radius 3 is 2.70 bits per heavy atom. The minimum Gasteiger partial charge on any atom is -0.315 e. The summed E-state index contributed by atoms with van der Waals surface area (Å²) in [6.45, 7) is 3.88. The van der Waals surface area contributed by atoms with Gasteiger partial charge in [0.2, 0.25) is 10.0 Å². The van der Waals surface area contributed by atoms with Crippen LogP contribution in [0, 0.1) is 5.92 Å². The lowest BCUT2D eigenvalue weighted by Gasteiger charge is -2.22. The van der Waals surface area contributed by atoms with Crippen LogP contribution in [-0.2, 0) is 16.6 Å². The molecule has 7 heteroatoms. The highest BCUT2D eigenvalue weighted by atomic mass is 32.2. The van der Waals surface area contributed by atoms with Crippen molar-refractivity contribution in [3.05, 3.63) is 16.3 Å². The predicted octanol–water partition coefficient (Wildman–Crippen LogP) is 1.04. The molecule has 2 heterocycles. The summed E-state index contributed by atoms with van der Waals surface area (Å²) in [5.74, 6) is 0.353. The van der Waals surface area contributed by atoms with Crippen molar-refractivity contribution in [1.29, 1.82) is 0 Å². The summed E-state index contributed by atoms with van der Waals surface area (Å²) in [5.41, 5.74) is 0. The van der Waals surface area contributed by atoms with E-state index < -0.39 is 10.0 Å². The zero-order chi connectivity index (χ0) is 14.9. The van der Waals surface area contributed by atoms with Crippen LogP contribution in [0.25, 0.3) is 0 Å². The number of nitrogens with zero attached hydrogens (tertiary/aromatic N) is 2. The summed E-state index contributed by atoms with van der Waals surface area (Å²) in [6, 6.07) is 2.01. The molecule has 0 amide bonds. The van der Waals surface area contributed by atoms with E-state index in [1.165, 1.54) is 11.3 Å². The molecule has 5 nitrogen and oxygen atoms in total. The topological polar surface area (TPSA) is 52.7 Å². The Labute approximate surface area is 125 Å². The molecule has 0 aromatic carbocycles. The van der Waals surface area contributed by atoms with Crippen molar-refractivity contribution in [3.8, 4) is 0 Å². The summed E-state index contributed by atoms with van der Waals surface area (Å²) in [6.07, 6.45) is 0. The van der Waals surface area contributed by atoms with E-state index in [0.29, 0.717) is 30.4 Å². The summed E-state index contributed by atoms with van der Waals surface area (Å²) in [5, 5.41) is 4.88. The first-order valence-electron chi connectivity index (χ1n) is 6.75. The molecule has 1 aliphatic rings. The van der Waals surface area contributed by atoms with Crippen LogP contribution in [0.2, 0.25) is 0 Å². The zero-order valence-electron chi connectivity index (χ0n) is 12.5. The van der Waals surface area contributed by atoms with E-state index in [0.717, 1.165) is 4.88 Å². The lowest BCUT2D eigenvalue weighted by molar-refractivity contribution is 0.263. The van der Waals surface area contributed by atoms with Gasteiger partial charge in [-0.1, -0.05) is 6.92 Å². The Morgan fingerprint density at radius 1 is 1.45 bits per heavy atom. The Kier molecular flexibility index (Phi) is 4.86. The fraction of sp³-hybridized carbons (Fsp3) is 0.692. The van der Waals surface area contributed by atoms with Gasteiger partial charge in [0.05, 0.1) is 4.90 Å². The average molecular weight is 317 g/mol. The maximum absolute atomic E-state index is 12.8. The number of rotatable bonds is 5. The van der Waals surface area contributed by atoms with E-state index in [9.17, 15) is 8.42 Å². The van der Waals surface area contributed by atoms with Gasteiger partial charge in [-0.05, 0) is 38.5 Å². The fourth-order valence-electron chi connectivity index (χ4n) is 2.76. The zero-order valence-corrected chi connectivity index (χ0v) is 14.1. The molecule has 1 aromatic rings. The molecule has 0 spiro atoms. The molecule has 1 aromatic heterocycles. The molecule has 2 unspecified atom stereocenters. The highest BCUT2D eigenvalue weighted by Crippen LogP contribution is 2.30. The third-order valence-electron chi connectivity index (χ3n) is 3.86. The van der Waals surface area contributed by atoms with Crippen LogP contribution in [0.5, 0.6) is 0 Å². The minimum absolute atomic E-state index is 0.288. The van der Waals surface area contributed by atoms with Gasteiger partial charge in [-0.3, -0.25) is 0 Å². The second-order valence-corrected chi connectivity index (χ2v) is 8.48. The van der Waals surface area contributed by atoms with Gasteiger partial charge >= 0.3 is 0 Å². The number of nitrogens with one attached hydrogen (secondary N) is 1. The molecule has 0 radical (unpaired) electrons. The molecule has 0 bridgehead atoms. The summed E-state index contributed by atoms with van der Waals surface area (Å²) in [4.78, 5) is 3.46. The first-order valence-corrected chi connectivity index (χ1v) is 9.07. The first-order chi connectivity index (χ1) is 9.37. The van der Waals surface area contributed by atoms with Gasteiger partial charge in [-0.2, -0.15) is 4.31 Å². The van der Waals surface area contributed by atoms with Crippen LogP contribution in [-0.4, -0.2) is 57.9 Å².